The molecule has 5 atom stereocenters. The Balaban J connectivity index is 1.12. The number of nitrogens with one attached hydrogen (secondary N) is 2. The molecule has 12 heteroatoms. The van der Waals surface area contributed by atoms with E-state index >= 15 is 0 Å². The summed E-state index contributed by atoms with van der Waals surface area (Å²) in [5.41, 5.74) is 3.00. The van der Waals surface area contributed by atoms with Crippen molar-refractivity contribution < 1.29 is 19.0 Å². The van der Waals surface area contributed by atoms with Crippen molar-refractivity contribution in [3.05, 3.63) is 76.5 Å². The Kier molecular flexibility index (Phi) is 7.41. The van der Waals surface area contributed by atoms with E-state index in [2.05, 4.69) is 20.5 Å². The van der Waals surface area contributed by atoms with Gasteiger partial charge >= 0.3 is 0 Å². The van der Waals surface area contributed by atoms with Crippen LogP contribution in [0.4, 0.5) is 17.2 Å². The quantitative estimate of drug-likeness (QED) is 0.283. The Labute approximate surface area is 266 Å². The number of ether oxygens (including phenoxy) is 3. The molecule has 3 saturated heterocycles. The third-order valence-electron chi connectivity index (χ3n) is 10.1. The van der Waals surface area contributed by atoms with Gasteiger partial charge in [-0.15, -0.1) is 5.10 Å². The predicted octanol–water partition coefficient (Wildman–Crippen LogP) is 4.07. The summed E-state index contributed by atoms with van der Waals surface area (Å²) in [6.45, 7) is 1.32. The van der Waals surface area contributed by atoms with E-state index in [1.165, 1.54) is 0 Å². The van der Waals surface area contributed by atoms with Crippen molar-refractivity contribution in [2.75, 3.05) is 31.0 Å². The van der Waals surface area contributed by atoms with Gasteiger partial charge in [0.05, 0.1) is 43.3 Å². The average Bonchev–Trinajstić information content (AvgIpc) is 3.76. The molecule has 2 unspecified atom stereocenters. The molecular formula is C34H39N7O5. The van der Waals surface area contributed by atoms with Crippen LogP contribution in [0.1, 0.15) is 60.6 Å². The molecule has 2 bridgehead atoms. The lowest BCUT2D eigenvalue weighted by Crippen LogP contribution is -2.54. The number of carbonyl (C=O) groups is 1. The van der Waals surface area contributed by atoms with Gasteiger partial charge in [0, 0.05) is 38.5 Å². The second-order valence-corrected chi connectivity index (χ2v) is 13.0. The third kappa shape index (κ3) is 5.28. The first-order valence-electron chi connectivity index (χ1n) is 16.2. The first-order valence-corrected chi connectivity index (χ1v) is 16.2. The number of imidazole rings is 1. The first kappa shape index (κ1) is 29.0. The third-order valence-corrected chi connectivity index (χ3v) is 10.1. The van der Waals surface area contributed by atoms with Crippen molar-refractivity contribution in [2.45, 2.75) is 75.5 Å². The minimum Gasteiger partial charge on any atom is -0.497 e. The van der Waals surface area contributed by atoms with E-state index in [0.717, 1.165) is 62.1 Å². The Morgan fingerprint density at radius 1 is 1.11 bits per heavy atom. The number of fused-ring (bicyclic) bond motifs is 4. The Bertz CT molecular complexity index is 1810. The summed E-state index contributed by atoms with van der Waals surface area (Å²) in [6, 6.07) is 13.5. The van der Waals surface area contributed by atoms with E-state index in [-0.39, 0.29) is 41.9 Å². The van der Waals surface area contributed by atoms with Crippen molar-refractivity contribution in [1.82, 2.24) is 24.5 Å². The standard InChI is InChI=1S/C34H39N7O5/c1-39(19-20-5-7-23(44-2)8-6-20)28-17-30(36-26-4-3-12-40(34(26)43)22-15-24-9-10-25(16-22)46-24)38-41-29(18-35-32(28)41)33(42)37-27-14-21-11-13-45-31(21)27/h3-8,12,17-18,21-22,24-25,27,31H,9-11,13-16,19H2,1-2H3,(H,36,38)(H,37,42)/t21-,22?,24?,25?,27-,31-/m1/s1. The maximum Gasteiger partial charge on any atom is 0.274 e. The highest BCUT2D eigenvalue weighted by Crippen LogP contribution is 2.39. The number of aromatic nitrogens is 4. The van der Waals surface area contributed by atoms with Crippen molar-refractivity contribution in [3.8, 4) is 5.75 Å². The molecule has 8 rings (SSSR count). The van der Waals surface area contributed by atoms with Crippen LogP contribution in [0.5, 0.6) is 5.75 Å². The van der Waals surface area contributed by atoms with Crippen molar-refractivity contribution in [3.63, 3.8) is 0 Å². The van der Waals surface area contributed by atoms with Crippen LogP contribution in [-0.2, 0) is 16.0 Å². The average molecular weight is 626 g/mol. The van der Waals surface area contributed by atoms with Crippen LogP contribution >= 0.6 is 0 Å². The number of anilines is 3. The number of benzene rings is 1. The lowest BCUT2D eigenvalue weighted by atomic mass is 9.77. The summed E-state index contributed by atoms with van der Waals surface area (Å²) in [5.74, 6) is 1.48. The largest absolute Gasteiger partial charge is 0.497 e. The lowest BCUT2D eigenvalue weighted by molar-refractivity contribution is -0.0164. The molecule has 1 aromatic carbocycles. The Morgan fingerprint density at radius 3 is 2.67 bits per heavy atom. The van der Waals surface area contributed by atoms with E-state index in [4.69, 9.17) is 19.3 Å². The van der Waals surface area contributed by atoms with Gasteiger partial charge in [-0.3, -0.25) is 9.59 Å². The number of methoxy groups -OCH3 is 1. The molecule has 1 aliphatic carbocycles. The summed E-state index contributed by atoms with van der Waals surface area (Å²) in [7, 11) is 3.62. The maximum atomic E-state index is 13.8. The summed E-state index contributed by atoms with van der Waals surface area (Å²) in [5, 5.41) is 11.2. The van der Waals surface area contributed by atoms with Crippen molar-refractivity contribution in [1.29, 1.82) is 0 Å². The van der Waals surface area contributed by atoms with Gasteiger partial charge in [-0.25, -0.2) is 9.50 Å². The van der Waals surface area contributed by atoms with Gasteiger partial charge in [0.1, 0.15) is 11.4 Å². The fourth-order valence-electron chi connectivity index (χ4n) is 7.63. The predicted molar refractivity (Wildman–Crippen MR) is 172 cm³/mol. The molecule has 3 aliphatic heterocycles. The van der Waals surface area contributed by atoms with E-state index < -0.39 is 0 Å². The van der Waals surface area contributed by atoms with Gasteiger partial charge in [-0.1, -0.05) is 12.1 Å². The van der Waals surface area contributed by atoms with Crippen LogP contribution in [0.15, 0.2) is 59.7 Å². The number of nitrogens with zero attached hydrogens (tertiary/aromatic N) is 5. The molecule has 4 aromatic rings. The van der Waals surface area contributed by atoms with E-state index in [0.29, 0.717) is 35.3 Å². The summed E-state index contributed by atoms with van der Waals surface area (Å²) in [6.07, 6.45) is 9.69. The van der Waals surface area contributed by atoms with Gasteiger partial charge < -0.3 is 34.3 Å². The van der Waals surface area contributed by atoms with Crippen molar-refractivity contribution in [2.24, 2.45) is 5.92 Å². The topological polar surface area (TPSA) is 124 Å². The van der Waals surface area contributed by atoms with Crippen LogP contribution in [-0.4, -0.2) is 70.2 Å². The molecule has 0 radical (unpaired) electrons. The smallest absolute Gasteiger partial charge is 0.274 e. The first-order chi connectivity index (χ1) is 22.4. The summed E-state index contributed by atoms with van der Waals surface area (Å²) >= 11 is 0. The number of amides is 1. The molecular weight excluding hydrogens is 586 g/mol. The Morgan fingerprint density at radius 2 is 1.91 bits per heavy atom. The molecule has 1 amide bonds. The normalized spacial score (nSPS) is 26.4. The second-order valence-electron chi connectivity index (χ2n) is 13.0. The minimum atomic E-state index is -0.254. The molecule has 240 valence electrons. The number of pyridine rings is 1. The van der Waals surface area contributed by atoms with Gasteiger partial charge in [0.25, 0.3) is 11.5 Å². The molecule has 6 heterocycles. The van der Waals surface area contributed by atoms with Crippen LogP contribution in [0.25, 0.3) is 5.65 Å². The summed E-state index contributed by atoms with van der Waals surface area (Å²) in [4.78, 5) is 34.1. The number of rotatable bonds is 9. The molecule has 2 N–H and O–H groups in total. The summed E-state index contributed by atoms with van der Waals surface area (Å²) < 4.78 is 20.6. The minimum absolute atomic E-state index is 0.0210. The Hall–Kier alpha value is -4.42. The van der Waals surface area contributed by atoms with E-state index in [9.17, 15) is 9.59 Å². The van der Waals surface area contributed by atoms with Crippen LogP contribution in [0, 0.1) is 5.92 Å². The molecule has 1 saturated carbocycles. The lowest BCUT2D eigenvalue weighted by Gasteiger charge is -2.39. The van der Waals surface area contributed by atoms with E-state index in [1.54, 1.807) is 23.9 Å². The highest BCUT2D eigenvalue weighted by atomic mass is 16.5. The molecule has 0 spiro atoms. The zero-order valence-electron chi connectivity index (χ0n) is 26.1. The monoisotopic (exact) mass is 625 g/mol. The fraction of sp³-hybridized carbons (Fsp3) is 0.471. The zero-order valence-corrected chi connectivity index (χ0v) is 26.1. The molecule has 3 aromatic heterocycles. The molecule has 46 heavy (non-hydrogen) atoms. The van der Waals surface area contributed by atoms with Gasteiger partial charge in [-0.05, 0) is 74.3 Å². The second kappa shape index (κ2) is 11.7. The highest BCUT2D eigenvalue weighted by Gasteiger charge is 2.46. The number of hydrogen-bond acceptors (Lipinski definition) is 9. The van der Waals surface area contributed by atoms with Crippen LogP contribution in [0.2, 0.25) is 0 Å². The van der Waals surface area contributed by atoms with Gasteiger partial charge in [-0.2, -0.15) is 0 Å². The number of hydrogen-bond donors (Lipinski definition) is 2. The fourth-order valence-corrected chi connectivity index (χ4v) is 7.63. The van der Waals surface area contributed by atoms with Crippen LogP contribution < -0.4 is 25.8 Å². The number of carbonyl (C=O) groups excluding carboxylic acids is 1. The zero-order chi connectivity index (χ0) is 31.4. The van der Waals surface area contributed by atoms with Gasteiger partial charge in [0.2, 0.25) is 0 Å². The van der Waals surface area contributed by atoms with Gasteiger partial charge in [0.15, 0.2) is 17.2 Å². The molecule has 4 aliphatic rings. The van der Waals surface area contributed by atoms with Crippen LogP contribution in [0.3, 0.4) is 0 Å². The maximum absolute atomic E-state index is 13.8. The SMILES string of the molecule is COc1ccc(CN(C)c2cc(Nc3cccn(C4CC5CCC(C4)O5)c3=O)nn3c(C(=O)N[C@@H]4C[C@H]5CCO[C@H]54)cnc23)cc1. The molecule has 4 fully saturated rings. The highest BCUT2D eigenvalue weighted by molar-refractivity contribution is 5.94. The van der Waals surface area contributed by atoms with E-state index in [1.807, 2.05) is 54.2 Å². The molecule has 12 nitrogen and oxygen atoms in total. The van der Waals surface area contributed by atoms with Crippen molar-refractivity contribution >= 4 is 28.7 Å².